The third-order valence-corrected chi connectivity index (χ3v) is 14.6. The summed E-state index contributed by atoms with van der Waals surface area (Å²) >= 11 is 0. The Morgan fingerprint density at radius 1 is 0.938 bits per heavy atom. The highest BCUT2D eigenvalue weighted by Crippen LogP contribution is 2.45. The van der Waals surface area contributed by atoms with Crippen molar-refractivity contribution in [1.29, 1.82) is 0 Å². The number of benzene rings is 2. The van der Waals surface area contributed by atoms with Gasteiger partial charge in [-0.3, -0.25) is 29.3 Å². The minimum Gasteiger partial charge on any atom is -0.370 e. The van der Waals surface area contributed by atoms with Crippen molar-refractivity contribution < 1.29 is 40.8 Å². The summed E-state index contributed by atoms with van der Waals surface area (Å²) in [5.74, 6) is -3.79. The van der Waals surface area contributed by atoms with Crippen LogP contribution in [0.1, 0.15) is 52.7 Å². The van der Waals surface area contributed by atoms with Gasteiger partial charge < -0.3 is 20.1 Å². The van der Waals surface area contributed by atoms with Gasteiger partial charge >= 0.3 is 16.2 Å². The van der Waals surface area contributed by atoms with Crippen molar-refractivity contribution >= 4 is 62.1 Å². The molecule has 0 aliphatic carbocycles. The van der Waals surface area contributed by atoms with Crippen molar-refractivity contribution in [2.75, 3.05) is 66.9 Å². The molecule has 0 unspecified atom stereocenters. The predicted molar refractivity (Wildman–Crippen MR) is 234 cm³/mol. The lowest BCUT2D eigenvalue weighted by molar-refractivity contribution is -0.134. The zero-order valence-electron chi connectivity index (χ0n) is 35.1. The van der Waals surface area contributed by atoms with Crippen LogP contribution in [0.4, 0.5) is 35.2 Å². The third kappa shape index (κ3) is 8.07. The van der Waals surface area contributed by atoms with E-state index in [4.69, 9.17) is 0 Å². The number of aromatic nitrogens is 3. The zero-order chi connectivity index (χ0) is 45.2. The van der Waals surface area contributed by atoms with Gasteiger partial charge in [-0.2, -0.15) is 12.7 Å². The van der Waals surface area contributed by atoms with Gasteiger partial charge in [0.05, 0.1) is 11.3 Å². The molecule has 5 aliphatic rings. The molecule has 8 heterocycles. The molecule has 338 valence electrons. The number of nitrogens with one attached hydrogen (secondary N) is 4. The zero-order valence-corrected chi connectivity index (χ0v) is 35.9. The summed E-state index contributed by atoms with van der Waals surface area (Å²) in [5.41, 5.74) is 3.65. The molecular weight excluding hydrogens is 866 g/mol. The second-order valence-electron chi connectivity index (χ2n) is 17.6. The molecule has 0 saturated carbocycles. The molecule has 4 fully saturated rings. The first-order valence-electron chi connectivity index (χ1n) is 21.6. The van der Waals surface area contributed by atoms with E-state index in [9.17, 15) is 32.0 Å². The number of fused-ring (bicyclic) bond motifs is 2. The number of H-pyrrole nitrogens is 1. The number of pyridine rings is 2. The molecule has 1 spiro atoms. The number of halogens is 3. The number of carbonyl (C=O) groups excluding carboxylic acids is 4. The molecule has 4 N–H and O–H groups in total. The van der Waals surface area contributed by atoms with Crippen molar-refractivity contribution in [3.05, 3.63) is 101 Å². The Bertz CT molecular complexity index is 2860. The third-order valence-electron chi connectivity index (χ3n) is 13.1. The SMILES string of the molecule is O=C1CC[C@H](NC(=O)N2CCCc3c(N4CC5(CN(CCc6ccc(-c7cnc8[nH]cc(C(=O)c9c(F)ccc(NS(=O)(=O)N%10CC[C@@H](F)C%10)c9F)c8c7)cc6)C5)C4)ccnc32)C(=O)N1. The molecule has 3 aromatic heterocycles. The molecular formula is C45H45F3N10O6S. The Hall–Kier alpha value is -6.38. The number of anilines is 3. The van der Waals surface area contributed by atoms with E-state index in [0.29, 0.717) is 29.0 Å². The van der Waals surface area contributed by atoms with Crippen molar-refractivity contribution in [1.82, 2.24) is 34.8 Å². The van der Waals surface area contributed by atoms with Gasteiger partial charge in [0.2, 0.25) is 17.6 Å². The minimum atomic E-state index is -4.36. The Labute approximate surface area is 371 Å². The Morgan fingerprint density at radius 3 is 2.49 bits per heavy atom. The van der Waals surface area contributed by atoms with Crippen molar-refractivity contribution in [3.8, 4) is 11.1 Å². The van der Waals surface area contributed by atoms with Gasteiger partial charge in [-0.05, 0) is 67.5 Å². The molecule has 65 heavy (non-hydrogen) atoms. The maximum atomic E-state index is 15.7. The van der Waals surface area contributed by atoms with Gasteiger partial charge in [0.15, 0.2) is 5.82 Å². The van der Waals surface area contributed by atoms with Crippen LogP contribution in [0.2, 0.25) is 0 Å². The molecule has 0 radical (unpaired) electrons. The number of alkyl halides is 1. The van der Waals surface area contributed by atoms with E-state index in [-0.39, 0.29) is 49.2 Å². The number of imide groups is 1. The van der Waals surface area contributed by atoms with Crippen molar-refractivity contribution in [2.45, 2.75) is 50.7 Å². The summed E-state index contributed by atoms with van der Waals surface area (Å²) in [5, 5.41) is 5.40. The second-order valence-corrected chi connectivity index (χ2v) is 19.3. The standard InChI is InChI=1S/C45H45F3N10O6S/c46-29-13-17-57(21-29)65(63,64)54-34-8-7-33(47)38(39(34)48)40(60)32-20-51-41-31(32)18-28(19-50-41)27-5-3-26(4-6-27)12-16-55-22-45(23-55)24-56(25-45)36-11-14-49-42-30(36)2-1-15-58(42)44(62)52-35-9-10-37(59)53-43(35)61/h3-8,11,14,18-20,29,35,54H,1-2,9-10,12-13,15-17,21-25H2,(H,50,51)(H,52,62)(H,53,59,61)/t29-,35+/m1/s1. The predicted octanol–water partition coefficient (Wildman–Crippen LogP) is 4.47. The van der Waals surface area contributed by atoms with Crippen LogP contribution in [-0.4, -0.2) is 121 Å². The van der Waals surface area contributed by atoms with Crippen LogP contribution in [0.25, 0.3) is 22.2 Å². The number of likely N-dealkylation sites (tertiary alicyclic amines) is 1. The lowest BCUT2D eigenvalue weighted by Gasteiger charge is -2.61. The lowest BCUT2D eigenvalue weighted by Crippen LogP contribution is -2.72. The number of nitrogens with zero attached hydrogens (tertiary/aromatic N) is 6. The topological polar surface area (TPSA) is 193 Å². The lowest BCUT2D eigenvalue weighted by atomic mass is 9.72. The van der Waals surface area contributed by atoms with E-state index in [1.807, 2.05) is 35.1 Å². The molecule has 4 saturated heterocycles. The quantitative estimate of drug-likeness (QED) is 0.109. The Balaban J connectivity index is 0.744. The van der Waals surface area contributed by atoms with Crippen molar-refractivity contribution in [2.24, 2.45) is 5.41 Å². The molecule has 5 aliphatic heterocycles. The van der Waals surface area contributed by atoms with Gasteiger partial charge in [0, 0.05) is 111 Å². The number of ketones is 1. The van der Waals surface area contributed by atoms with Crippen LogP contribution < -0.4 is 25.2 Å². The van der Waals surface area contributed by atoms with E-state index in [0.717, 1.165) is 90.8 Å². The van der Waals surface area contributed by atoms with E-state index < -0.39 is 63.0 Å². The molecule has 5 aromatic rings. The average Bonchev–Trinajstić information content (AvgIpc) is 3.91. The molecule has 0 bridgehead atoms. The second kappa shape index (κ2) is 16.6. The van der Waals surface area contributed by atoms with Gasteiger partial charge in [-0.15, -0.1) is 0 Å². The smallest absolute Gasteiger partial charge is 0.323 e. The highest BCUT2D eigenvalue weighted by atomic mass is 32.2. The van der Waals surface area contributed by atoms with Gasteiger partial charge in [-0.25, -0.2) is 27.9 Å². The number of hydrogen-bond acceptors (Lipinski definition) is 10. The number of hydrogen-bond donors (Lipinski definition) is 4. The summed E-state index contributed by atoms with van der Waals surface area (Å²) < 4.78 is 73.0. The summed E-state index contributed by atoms with van der Waals surface area (Å²) in [7, 11) is -4.36. The average molecular weight is 911 g/mol. The minimum absolute atomic E-state index is 0.000744. The molecule has 10 rings (SSSR count). The fraction of sp³-hybridized carbons (Fsp3) is 0.378. The molecule has 2 atom stereocenters. The van der Waals surface area contributed by atoms with Crippen LogP contribution in [0.5, 0.6) is 0 Å². The fourth-order valence-corrected chi connectivity index (χ4v) is 11.1. The van der Waals surface area contributed by atoms with Crippen LogP contribution in [0.15, 0.2) is 67.1 Å². The summed E-state index contributed by atoms with van der Waals surface area (Å²) in [6.45, 7) is 4.65. The maximum Gasteiger partial charge on any atom is 0.323 e. The Morgan fingerprint density at radius 2 is 1.74 bits per heavy atom. The summed E-state index contributed by atoms with van der Waals surface area (Å²) in [6, 6.07) is 12.3. The van der Waals surface area contributed by atoms with Crippen molar-refractivity contribution in [3.63, 3.8) is 0 Å². The number of urea groups is 1. The molecule has 20 heteroatoms. The monoisotopic (exact) mass is 910 g/mol. The van der Waals surface area contributed by atoms with Crippen LogP contribution in [0.3, 0.4) is 0 Å². The van der Waals surface area contributed by atoms with E-state index in [2.05, 4.69) is 35.4 Å². The first-order chi connectivity index (χ1) is 31.2. The van der Waals surface area contributed by atoms with E-state index in [1.54, 1.807) is 23.4 Å². The first kappa shape index (κ1) is 42.6. The number of aromatic amines is 1. The Kier molecular flexibility index (Phi) is 10.8. The van der Waals surface area contributed by atoms with Gasteiger partial charge in [0.25, 0.3) is 0 Å². The normalized spacial score (nSPS) is 20.9. The van der Waals surface area contributed by atoms with E-state index in [1.165, 1.54) is 6.20 Å². The summed E-state index contributed by atoms with van der Waals surface area (Å²) in [6.07, 6.45) is 6.18. The number of amides is 4. The van der Waals surface area contributed by atoms with E-state index >= 15 is 8.78 Å². The van der Waals surface area contributed by atoms with Crippen LogP contribution in [-0.2, 0) is 32.6 Å². The summed E-state index contributed by atoms with van der Waals surface area (Å²) in [4.78, 5) is 69.1. The maximum absolute atomic E-state index is 15.7. The molecule has 4 amide bonds. The largest absolute Gasteiger partial charge is 0.370 e. The number of carbonyl (C=O) groups is 4. The van der Waals surface area contributed by atoms with Crippen LogP contribution in [0, 0.1) is 17.0 Å². The highest BCUT2D eigenvalue weighted by Gasteiger charge is 2.52. The number of rotatable bonds is 11. The van der Waals surface area contributed by atoms with Crippen LogP contribution >= 0.6 is 0 Å². The first-order valence-corrected chi connectivity index (χ1v) is 23.1. The highest BCUT2D eigenvalue weighted by molar-refractivity contribution is 7.90. The molecule has 2 aromatic carbocycles. The van der Waals surface area contributed by atoms with Gasteiger partial charge in [0.1, 0.15) is 29.5 Å². The van der Waals surface area contributed by atoms with Gasteiger partial charge in [-0.1, -0.05) is 24.3 Å². The molecule has 16 nitrogen and oxygen atoms in total. The fourth-order valence-electron chi connectivity index (χ4n) is 9.79. The number of piperidine rings is 1.